The van der Waals surface area contributed by atoms with Crippen LogP contribution in [0.2, 0.25) is 0 Å². The summed E-state index contributed by atoms with van der Waals surface area (Å²) in [5.74, 6) is 1.59. The lowest BCUT2D eigenvalue weighted by molar-refractivity contribution is 0.271. The predicted octanol–water partition coefficient (Wildman–Crippen LogP) is 2.94. The van der Waals surface area contributed by atoms with Gasteiger partial charge < -0.3 is 0 Å². The summed E-state index contributed by atoms with van der Waals surface area (Å²) in [6, 6.07) is 7.46. The number of rotatable bonds is 3. The van der Waals surface area contributed by atoms with E-state index in [1.54, 1.807) is 4.57 Å². The van der Waals surface area contributed by atoms with E-state index < -0.39 is 0 Å². The summed E-state index contributed by atoms with van der Waals surface area (Å²) in [6.45, 7) is 0.763. The van der Waals surface area contributed by atoms with Crippen molar-refractivity contribution in [3.63, 3.8) is 0 Å². The zero-order chi connectivity index (χ0) is 12.5. The highest BCUT2D eigenvalue weighted by molar-refractivity contribution is 6.16. The molecule has 3 rings (SSSR count). The molecule has 4 heteroatoms. The highest BCUT2D eigenvalue weighted by atomic mass is 35.5. The van der Waals surface area contributed by atoms with E-state index in [4.69, 9.17) is 11.6 Å². The van der Waals surface area contributed by atoms with Crippen LogP contribution < -0.4 is 5.56 Å². The van der Waals surface area contributed by atoms with E-state index in [-0.39, 0.29) is 11.4 Å². The Morgan fingerprint density at radius 3 is 2.78 bits per heavy atom. The Labute approximate surface area is 110 Å². The molecule has 0 saturated heterocycles. The van der Waals surface area contributed by atoms with Crippen LogP contribution in [0.1, 0.15) is 25.1 Å². The lowest BCUT2D eigenvalue weighted by Gasteiger charge is -2.26. The Kier molecular flexibility index (Phi) is 3.08. The van der Waals surface area contributed by atoms with E-state index in [1.165, 1.54) is 19.3 Å². The number of alkyl halides is 1. The molecule has 0 aliphatic heterocycles. The second kappa shape index (κ2) is 4.73. The zero-order valence-electron chi connectivity index (χ0n) is 10.1. The Balaban J connectivity index is 2.14. The van der Waals surface area contributed by atoms with Crippen molar-refractivity contribution in [3.05, 3.63) is 40.4 Å². The molecule has 2 aromatic rings. The number of para-hydroxylation sites is 1. The van der Waals surface area contributed by atoms with E-state index in [1.807, 2.05) is 24.3 Å². The van der Waals surface area contributed by atoms with Crippen molar-refractivity contribution in [3.8, 4) is 0 Å². The second-order valence-electron chi connectivity index (χ2n) is 4.89. The summed E-state index contributed by atoms with van der Waals surface area (Å²) in [4.78, 5) is 16.9. The molecular weight excluding hydrogens is 248 g/mol. The van der Waals surface area contributed by atoms with Gasteiger partial charge in [-0.15, -0.1) is 11.6 Å². The topological polar surface area (TPSA) is 34.9 Å². The van der Waals surface area contributed by atoms with Gasteiger partial charge in [0, 0.05) is 6.54 Å². The van der Waals surface area contributed by atoms with Crippen molar-refractivity contribution in [2.24, 2.45) is 5.92 Å². The molecule has 0 amide bonds. The Hall–Kier alpha value is -1.35. The van der Waals surface area contributed by atoms with Crippen LogP contribution in [-0.4, -0.2) is 9.55 Å². The van der Waals surface area contributed by atoms with Crippen molar-refractivity contribution >= 4 is 22.5 Å². The van der Waals surface area contributed by atoms with Crippen molar-refractivity contribution in [2.45, 2.75) is 31.7 Å². The molecule has 1 fully saturated rings. The largest absolute Gasteiger partial charge is 0.295 e. The molecule has 1 aliphatic rings. The van der Waals surface area contributed by atoms with E-state index >= 15 is 0 Å². The molecule has 0 radical (unpaired) electrons. The van der Waals surface area contributed by atoms with Crippen LogP contribution in [-0.2, 0) is 12.4 Å². The normalized spacial score (nSPS) is 15.8. The molecule has 1 aromatic carbocycles. The average molecular weight is 263 g/mol. The van der Waals surface area contributed by atoms with Gasteiger partial charge in [0.2, 0.25) is 0 Å². The highest BCUT2D eigenvalue weighted by Gasteiger charge is 2.20. The van der Waals surface area contributed by atoms with Gasteiger partial charge in [0.15, 0.2) is 0 Å². The molecule has 94 valence electrons. The van der Waals surface area contributed by atoms with E-state index in [9.17, 15) is 4.79 Å². The molecule has 0 spiro atoms. The van der Waals surface area contributed by atoms with Gasteiger partial charge in [0.05, 0.1) is 16.8 Å². The molecule has 1 aromatic heterocycles. The van der Waals surface area contributed by atoms with Crippen molar-refractivity contribution in [1.29, 1.82) is 0 Å². The highest BCUT2D eigenvalue weighted by Crippen LogP contribution is 2.28. The number of hydrogen-bond acceptors (Lipinski definition) is 2. The lowest BCUT2D eigenvalue weighted by Crippen LogP contribution is -2.30. The van der Waals surface area contributed by atoms with Crippen LogP contribution in [0.5, 0.6) is 0 Å². The maximum absolute atomic E-state index is 12.4. The Morgan fingerprint density at radius 1 is 1.33 bits per heavy atom. The number of hydrogen-bond donors (Lipinski definition) is 0. The van der Waals surface area contributed by atoms with E-state index in [0.717, 1.165) is 12.1 Å². The van der Waals surface area contributed by atoms with Crippen LogP contribution in [0, 0.1) is 5.92 Å². The fourth-order valence-electron chi connectivity index (χ4n) is 2.44. The first-order valence-corrected chi connectivity index (χ1v) is 6.87. The summed E-state index contributed by atoms with van der Waals surface area (Å²) in [5, 5.41) is 0.686. The lowest BCUT2D eigenvalue weighted by atomic mass is 9.85. The molecule has 3 nitrogen and oxygen atoms in total. The number of fused-ring (bicyclic) bond motifs is 1. The van der Waals surface area contributed by atoms with E-state index in [0.29, 0.717) is 17.1 Å². The SMILES string of the molecule is O=c1c2ccccc2nc(CCl)n1CC1CCC1. The summed E-state index contributed by atoms with van der Waals surface area (Å²) in [6.07, 6.45) is 3.69. The second-order valence-corrected chi connectivity index (χ2v) is 5.16. The van der Waals surface area contributed by atoms with Gasteiger partial charge >= 0.3 is 0 Å². The minimum absolute atomic E-state index is 0.0446. The Morgan fingerprint density at radius 2 is 2.11 bits per heavy atom. The van der Waals surface area contributed by atoms with E-state index in [2.05, 4.69) is 4.98 Å². The smallest absolute Gasteiger partial charge is 0.261 e. The van der Waals surface area contributed by atoms with Crippen molar-refractivity contribution in [2.75, 3.05) is 0 Å². The summed E-state index contributed by atoms with van der Waals surface area (Å²) in [5.41, 5.74) is 0.783. The van der Waals surface area contributed by atoms with Crippen molar-refractivity contribution < 1.29 is 0 Å². The summed E-state index contributed by atoms with van der Waals surface area (Å²) in [7, 11) is 0. The monoisotopic (exact) mass is 262 g/mol. The van der Waals surface area contributed by atoms with Gasteiger partial charge in [0.1, 0.15) is 5.82 Å². The van der Waals surface area contributed by atoms with Crippen molar-refractivity contribution in [1.82, 2.24) is 9.55 Å². The minimum atomic E-state index is 0.0446. The molecule has 0 N–H and O–H groups in total. The number of nitrogens with zero attached hydrogens (tertiary/aromatic N) is 2. The third kappa shape index (κ3) is 1.93. The maximum Gasteiger partial charge on any atom is 0.261 e. The molecule has 18 heavy (non-hydrogen) atoms. The van der Waals surface area contributed by atoms with Gasteiger partial charge in [-0.05, 0) is 30.9 Å². The average Bonchev–Trinajstić information content (AvgIpc) is 2.35. The zero-order valence-corrected chi connectivity index (χ0v) is 10.9. The first kappa shape index (κ1) is 11.7. The van der Waals surface area contributed by atoms with Gasteiger partial charge in [0.25, 0.3) is 5.56 Å². The number of aromatic nitrogens is 2. The molecule has 0 bridgehead atoms. The predicted molar refractivity (Wildman–Crippen MR) is 72.9 cm³/mol. The van der Waals surface area contributed by atoms with Crippen LogP contribution in [0.25, 0.3) is 10.9 Å². The van der Waals surface area contributed by atoms with Crippen LogP contribution in [0.4, 0.5) is 0 Å². The number of halogens is 1. The molecule has 1 saturated carbocycles. The Bertz CT molecular complexity index is 631. The van der Waals surface area contributed by atoms with Gasteiger partial charge in [-0.25, -0.2) is 4.98 Å². The first-order chi connectivity index (χ1) is 8.79. The fourth-order valence-corrected chi connectivity index (χ4v) is 2.64. The molecular formula is C14H15ClN2O. The third-order valence-electron chi connectivity index (χ3n) is 3.73. The molecule has 1 aliphatic carbocycles. The van der Waals surface area contributed by atoms with Crippen LogP contribution >= 0.6 is 11.6 Å². The molecule has 0 unspecified atom stereocenters. The minimum Gasteiger partial charge on any atom is -0.295 e. The summed E-state index contributed by atoms with van der Waals surface area (Å²) >= 11 is 5.93. The van der Waals surface area contributed by atoms with Crippen LogP contribution in [0.3, 0.4) is 0 Å². The molecule has 1 heterocycles. The fraction of sp³-hybridized carbons (Fsp3) is 0.429. The van der Waals surface area contributed by atoms with Gasteiger partial charge in [-0.3, -0.25) is 9.36 Å². The maximum atomic E-state index is 12.4. The van der Waals surface area contributed by atoms with Gasteiger partial charge in [-0.2, -0.15) is 0 Å². The first-order valence-electron chi connectivity index (χ1n) is 6.34. The van der Waals surface area contributed by atoms with Crippen LogP contribution in [0.15, 0.2) is 29.1 Å². The third-order valence-corrected chi connectivity index (χ3v) is 3.96. The quantitative estimate of drug-likeness (QED) is 0.797. The standard InChI is InChI=1S/C14H15ClN2O/c15-8-13-16-12-7-2-1-6-11(12)14(18)17(13)9-10-4-3-5-10/h1-2,6-7,10H,3-5,8-9H2. The molecule has 0 atom stereocenters. The van der Waals surface area contributed by atoms with Gasteiger partial charge in [-0.1, -0.05) is 18.6 Å². The number of benzene rings is 1. The summed E-state index contributed by atoms with van der Waals surface area (Å²) < 4.78 is 1.76.